The van der Waals surface area contributed by atoms with E-state index >= 15 is 0 Å². The van der Waals surface area contributed by atoms with E-state index in [1.165, 1.54) is 12.1 Å². The fraction of sp³-hybridized carbons (Fsp3) is 0.136. The third kappa shape index (κ3) is 3.08. The van der Waals surface area contributed by atoms with Crippen molar-refractivity contribution in [3.63, 3.8) is 0 Å². The van der Waals surface area contributed by atoms with Crippen LogP contribution in [0.1, 0.15) is 11.6 Å². The van der Waals surface area contributed by atoms with Gasteiger partial charge in [-0.05, 0) is 35.4 Å². The zero-order chi connectivity index (χ0) is 19.0. The molecule has 5 nitrogen and oxygen atoms in total. The molecule has 2 N–H and O–H groups in total. The molecule has 3 aromatic carbocycles. The standard InChI is InChI=1S/C22H20N2O3/c1-23-14-20(19-12-11-18(25)13-21(19)26)24(22(23)27)17-9-7-16(8-10-17)15-5-3-2-4-6-15/h2-13,20,25-26H,14H2,1H3. The molecular weight excluding hydrogens is 340 g/mol. The van der Waals surface area contributed by atoms with Gasteiger partial charge < -0.3 is 15.1 Å². The summed E-state index contributed by atoms with van der Waals surface area (Å²) in [6, 6.07) is 21.9. The lowest BCUT2D eigenvalue weighted by Gasteiger charge is -2.24. The third-order valence-electron chi connectivity index (χ3n) is 4.92. The number of carbonyl (C=O) groups excluding carboxylic acids is 1. The average molecular weight is 360 g/mol. The van der Waals surface area contributed by atoms with E-state index < -0.39 is 0 Å². The van der Waals surface area contributed by atoms with E-state index in [0.717, 1.165) is 16.8 Å². The van der Waals surface area contributed by atoms with Gasteiger partial charge in [0.25, 0.3) is 0 Å². The molecule has 1 saturated heterocycles. The Balaban J connectivity index is 1.70. The van der Waals surface area contributed by atoms with Crippen molar-refractivity contribution < 1.29 is 15.0 Å². The summed E-state index contributed by atoms with van der Waals surface area (Å²) in [4.78, 5) is 16.1. The molecule has 1 aliphatic rings. The average Bonchev–Trinajstić information content (AvgIpc) is 2.97. The normalized spacial score (nSPS) is 16.8. The Kier molecular flexibility index (Phi) is 4.20. The number of hydrogen-bond donors (Lipinski definition) is 2. The second-order valence-electron chi connectivity index (χ2n) is 6.70. The van der Waals surface area contributed by atoms with Gasteiger partial charge in [-0.1, -0.05) is 42.5 Å². The fourth-order valence-electron chi connectivity index (χ4n) is 3.52. The Morgan fingerprint density at radius 3 is 2.22 bits per heavy atom. The first-order valence-electron chi connectivity index (χ1n) is 8.76. The van der Waals surface area contributed by atoms with E-state index in [4.69, 9.17) is 0 Å². The Hall–Kier alpha value is -3.47. The highest BCUT2D eigenvalue weighted by molar-refractivity contribution is 5.95. The van der Waals surface area contributed by atoms with Crippen LogP contribution in [0.5, 0.6) is 11.5 Å². The molecule has 4 rings (SSSR count). The summed E-state index contributed by atoms with van der Waals surface area (Å²) in [6.45, 7) is 0.456. The number of rotatable bonds is 3. The maximum Gasteiger partial charge on any atom is 0.324 e. The Bertz CT molecular complexity index is 971. The number of likely N-dealkylation sites (N-methyl/N-ethyl adjacent to an activating group) is 1. The first kappa shape index (κ1) is 17.0. The van der Waals surface area contributed by atoms with Crippen LogP contribution in [0, 0.1) is 0 Å². The monoisotopic (exact) mass is 360 g/mol. The molecule has 0 radical (unpaired) electrons. The lowest BCUT2D eigenvalue weighted by atomic mass is 10.0. The minimum Gasteiger partial charge on any atom is -0.508 e. The number of urea groups is 1. The van der Waals surface area contributed by atoms with Crippen molar-refractivity contribution in [2.45, 2.75) is 6.04 Å². The summed E-state index contributed by atoms with van der Waals surface area (Å²) in [7, 11) is 1.74. The predicted molar refractivity (Wildman–Crippen MR) is 105 cm³/mol. The molecule has 136 valence electrons. The van der Waals surface area contributed by atoms with Gasteiger partial charge in [-0.15, -0.1) is 0 Å². The summed E-state index contributed by atoms with van der Waals surface area (Å²) >= 11 is 0. The molecule has 2 amide bonds. The van der Waals surface area contributed by atoms with E-state index in [1.807, 2.05) is 54.6 Å². The van der Waals surface area contributed by atoms with Gasteiger partial charge in [-0.3, -0.25) is 4.90 Å². The quantitative estimate of drug-likeness (QED) is 0.729. The molecule has 1 fully saturated rings. The van der Waals surface area contributed by atoms with Crippen LogP contribution in [0.2, 0.25) is 0 Å². The number of aromatic hydroxyl groups is 2. The Labute approximate surface area is 157 Å². The highest BCUT2D eigenvalue weighted by atomic mass is 16.3. The second-order valence-corrected chi connectivity index (χ2v) is 6.70. The van der Waals surface area contributed by atoms with Crippen molar-refractivity contribution in [2.24, 2.45) is 0 Å². The number of benzene rings is 3. The number of phenolic OH excluding ortho intramolecular Hbond substituents is 2. The summed E-state index contributed by atoms with van der Waals surface area (Å²) in [5.74, 6) is -0.0262. The zero-order valence-corrected chi connectivity index (χ0v) is 14.9. The lowest BCUT2D eigenvalue weighted by Crippen LogP contribution is -2.30. The van der Waals surface area contributed by atoms with Gasteiger partial charge >= 0.3 is 6.03 Å². The molecule has 1 heterocycles. The predicted octanol–water partition coefficient (Wildman–Crippen LogP) is 4.38. The lowest BCUT2D eigenvalue weighted by molar-refractivity contribution is 0.229. The van der Waals surface area contributed by atoms with Crippen LogP contribution < -0.4 is 4.90 Å². The molecule has 27 heavy (non-hydrogen) atoms. The van der Waals surface area contributed by atoms with Crippen LogP contribution in [0.3, 0.4) is 0 Å². The van der Waals surface area contributed by atoms with Gasteiger partial charge in [0.05, 0.1) is 6.04 Å². The first-order chi connectivity index (χ1) is 13.0. The van der Waals surface area contributed by atoms with Gasteiger partial charge in [0.2, 0.25) is 0 Å². The maximum absolute atomic E-state index is 12.7. The molecule has 0 aliphatic carbocycles. The van der Waals surface area contributed by atoms with E-state index in [2.05, 4.69) is 0 Å². The number of anilines is 1. The number of nitrogens with zero attached hydrogens (tertiary/aromatic N) is 2. The molecule has 1 aliphatic heterocycles. The zero-order valence-electron chi connectivity index (χ0n) is 14.9. The number of carbonyl (C=O) groups is 1. The van der Waals surface area contributed by atoms with Crippen molar-refractivity contribution in [1.29, 1.82) is 0 Å². The highest BCUT2D eigenvalue weighted by Gasteiger charge is 2.38. The van der Waals surface area contributed by atoms with Crippen LogP contribution in [0.4, 0.5) is 10.5 Å². The van der Waals surface area contributed by atoms with E-state index in [1.54, 1.807) is 22.9 Å². The van der Waals surface area contributed by atoms with Crippen molar-refractivity contribution in [3.05, 3.63) is 78.4 Å². The van der Waals surface area contributed by atoms with Gasteiger partial charge in [0, 0.05) is 30.9 Å². The molecule has 1 atom stereocenters. The molecule has 0 bridgehead atoms. The largest absolute Gasteiger partial charge is 0.508 e. The maximum atomic E-state index is 12.7. The molecule has 0 saturated carbocycles. The SMILES string of the molecule is CN1CC(c2ccc(O)cc2O)N(c2ccc(-c3ccccc3)cc2)C1=O. The van der Waals surface area contributed by atoms with Crippen LogP contribution in [0.15, 0.2) is 72.8 Å². The number of amides is 2. The third-order valence-corrected chi connectivity index (χ3v) is 4.92. The molecule has 3 aromatic rings. The molecule has 0 aromatic heterocycles. The number of phenols is 2. The Morgan fingerprint density at radius 2 is 1.56 bits per heavy atom. The van der Waals surface area contributed by atoms with Crippen molar-refractivity contribution in [3.8, 4) is 22.6 Å². The topological polar surface area (TPSA) is 64.0 Å². The van der Waals surface area contributed by atoms with Crippen LogP contribution in [-0.4, -0.2) is 34.7 Å². The van der Waals surface area contributed by atoms with E-state index in [9.17, 15) is 15.0 Å². The number of hydrogen-bond acceptors (Lipinski definition) is 3. The summed E-state index contributed by atoms with van der Waals surface area (Å²) in [5, 5.41) is 19.8. The van der Waals surface area contributed by atoms with Crippen LogP contribution in [0.25, 0.3) is 11.1 Å². The van der Waals surface area contributed by atoms with Crippen LogP contribution >= 0.6 is 0 Å². The smallest absolute Gasteiger partial charge is 0.324 e. The molecule has 0 spiro atoms. The van der Waals surface area contributed by atoms with Gasteiger partial charge in [-0.2, -0.15) is 0 Å². The first-order valence-corrected chi connectivity index (χ1v) is 8.76. The van der Waals surface area contributed by atoms with Gasteiger partial charge in [-0.25, -0.2) is 4.79 Å². The second kappa shape index (κ2) is 6.68. The van der Waals surface area contributed by atoms with Gasteiger partial charge in [0.15, 0.2) is 0 Å². The molecule has 1 unspecified atom stereocenters. The summed E-state index contributed by atoms with van der Waals surface area (Å²) in [5.41, 5.74) is 3.56. The van der Waals surface area contributed by atoms with Crippen molar-refractivity contribution >= 4 is 11.7 Å². The van der Waals surface area contributed by atoms with Gasteiger partial charge in [0.1, 0.15) is 11.5 Å². The fourth-order valence-corrected chi connectivity index (χ4v) is 3.52. The molecule has 5 heteroatoms. The van der Waals surface area contributed by atoms with Crippen LogP contribution in [-0.2, 0) is 0 Å². The van der Waals surface area contributed by atoms with E-state index in [0.29, 0.717) is 12.1 Å². The van der Waals surface area contributed by atoms with E-state index in [-0.39, 0.29) is 23.6 Å². The summed E-state index contributed by atoms with van der Waals surface area (Å²) in [6.07, 6.45) is 0. The Morgan fingerprint density at radius 1 is 0.889 bits per heavy atom. The summed E-state index contributed by atoms with van der Waals surface area (Å²) < 4.78 is 0. The minimum absolute atomic E-state index is 0.00677. The van der Waals surface area contributed by atoms with Crippen molar-refractivity contribution in [2.75, 3.05) is 18.5 Å². The van der Waals surface area contributed by atoms with Crippen molar-refractivity contribution in [1.82, 2.24) is 4.90 Å². The highest BCUT2D eigenvalue weighted by Crippen LogP contribution is 2.39. The molecular formula is C22H20N2O3. The minimum atomic E-state index is -0.328.